The second kappa shape index (κ2) is 9.58. The highest BCUT2D eigenvalue weighted by atomic mass is 35.5. The molecule has 2 unspecified atom stereocenters. The molecular formula is C21H25Cl2N4+. The second-order valence-electron chi connectivity index (χ2n) is 6.68. The molecule has 0 amide bonds. The zero-order chi connectivity index (χ0) is 17.1. The zero-order valence-electron chi connectivity index (χ0n) is 15.1. The van der Waals surface area contributed by atoms with E-state index < -0.39 is 0 Å². The van der Waals surface area contributed by atoms with Crippen molar-refractivity contribution in [3.8, 4) is 0 Å². The Kier molecular flexibility index (Phi) is 7.45. The molecule has 2 N–H and O–H groups in total. The van der Waals surface area contributed by atoms with Crippen LogP contribution in [0.15, 0.2) is 85.5 Å². The lowest BCUT2D eigenvalue weighted by atomic mass is 10.1. The average molecular weight is 404 g/mol. The van der Waals surface area contributed by atoms with Gasteiger partial charge in [-0.1, -0.05) is 12.1 Å². The third-order valence-electron chi connectivity index (χ3n) is 4.98. The molecule has 2 atom stereocenters. The normalized spacial score (nSPS) is 18.4. The molecule has 0 spiro atoms. The standard InChI is InChI=1S/C21H24N4.2ClH/c22-18-7-9-19(10-8-18)25-17-20(24-13-5-2-6-14-24)15-21(25)16-23-11-3-1-4-12-23;;/h1-14,20-21H,15-17,22H2;2*1H/q+2;;/p-1. The summed E-state index contributed by atoms with van der Waals surface area (Å²) in [5, 5.41) is 0. The van der Waals surface area contributed by atoms with E-state index >= 15 is 0 Å². The summed E-state index contributed by atoms with van der Waals surface area (Å²) in [6.07, 6.45) is 9.75. The number of aromatic nitrogens is 2. The van der Waals surface area contributed by atoms with E-state index in [2.05, 4.69) is 87.4 Å². The number of nitrogens with two attached hydrogens (primary N) is 1. The van der Waals surface area contributed by atoms with Crippen molar-refractivity contribution in [1.82, 2.24) is 0 Å². The average Bonchev–Trinajstić information content (AvgIpc) is 3.08. The Bertz CT molecular complexity index is 813. The number of halogens is 2. The molecule has 0 saturated carbocycles. The zero-order valence-corrected chi connectivity index (χ0v) is 16.6. The summed E-state index contributed by atoms with van der Waals surface area (Å²) in [6.45, 7) is 1.99. The molecule has 0 bridgehead atoms. The van der Waals surface area contributed by atoms with Crippen LogP contribution in [0.25, 0.3) is 0 Å². The molecule has 4 rings (SSSR count). The van der Waals surface area contributed by atoms with Gasteiger partial charge in [0.2, 0.25) is 0 Å². The van der Waals surface area contributed by atoms with E-state index in [-0.39, 0.29) is 24.8 Å². The maximum Gasteiger partial charge on any atom is 0.177 e. The van der Waals surface area contributed by atoms with Crippen LogP contribution in [0.3, 0.4) is 0 Å². The Labute approximate surface area is 173 Å². The topological polar surface area (TPSA) is 37.0 Å². The minimum Gasteiger partial charge on any atom is -1.00 e. The van der Waals surface area contributed by atoms with E-state index in [1.807, 2.05) is 12.1 Å². The predicted molar refractivity (Wildman–Crippen MR) is 106 cm³/mol. The number of rotatable bonds is 4. The highest BCUT2D eigenvalue weighted by Gasteiger charge is 2.39. The van der Waals surface area contributed by atoms with Gasteiger partial charge in [0.25, 0.3) is 0 Å². The molecule has 1 fully saturated rings. The van der Waals surface area contributed by atoms with E-state index in [0.29, 0.717) is 12.1 Å². The third kappa shape index (κ3) is 4.90. The van der Waals surface area contributed by atoms with Gasteiger partial charge in [-0.2, -0.15) is 0 Å². The molecule has 27 heavy (non-hydrogen) atoms. The first-order chi connectivity index (χ1) is 12.3. The van der Waals surface area contributed by atoms with Crippen LogP contribution in [-0.4, -0.2) is 12.6 Å². The van der Waals surface area contributed by atoms with Gasteiger partial charge in [0.1, 0.15) is 0 Å². The van der Waals surface area contributed by atoms with Gasteiger partial charge in [0.15, 0.2) is 37.4 Å². The van der Waals surface area contributed by atoms with Crippen molar-refractivity contribution >= 4 is 23.8 Å². The van der Waals surface area contributed by atoms with Crippen LogP contribution in [0.1, 0.15) is 12.5 Å². The molecule has 1 aliphatic rings. The first-order valence-corrected chi connectivity index (χ1v) is 8.81. The fourth-order valence-corrected chi connectivity index (χ4v) is 3.72. The van der Waals surface area contributed by atoms with Crippen molar-refractivity contribution < 1.29 is 21.5 Å². The quantitative estimate of drug-likeness (QED) is 0.483. The van der Waals surface area contributed by atoms with Crippen LogP contribution in [-0.2, 0) is 6.54 Å². The van der Waals surface area contributed by atoms with Crippen LogP contribution in [0.2, 0.25) is 0 Å². The Morgan fingerprint density at radius 3 is 2.11 bits per heavy atom. The lowest BCUT2D eigenvalue weighted by Gasteiger charge is -2.24. The molecule has 2 aromatic heterocycles. The second-order valence-corrected chi connectivity index (χ2v) is 6.68. The van der Waals surface area contributed by atoms with Crippen LogP contribution in [0.5, 0.6) is 0 Å². The van der Waals surface area contributed by atoms with E-state index in [1.165, 1.54) is 5.69 Å². The van der Waals surface area contributed by atoms with Crippen LogP contribution in [0, 0.1) is 0 Å². The number of anilines is 2. The summed E-state index contributed by atoms with van der Waals surface area (Å²) in [7, 11) is 0. The maximum atomic E-state index is 5.88. The van der Waals surface area contributed by atoms with Crippen molar-refractivity contribution in [2.24, 2.45) is 0 Å². The van der Waals surface area contributed by atoms with E-state index in [1.54, 1.807) is 0 Å². The number of pyridine rings is 2. The Balaban J connectivity index is 0.00000131. The summed E-state index contributed by atoms with van der Waals surface area (Å²) in [6, 6.07) is 21.7. The van der Waals surface area contributed by atoms with Crippen molar-refractivity contribution in [1.29, 1.82) is 0 Å². The molecule has 6 heteroatoms. The Morgan fingerprint density at radius 1 is 0.889 bits per heavy atom. The third-order valence-corrected chi connectivity index (χ3v) is 4.98. The van der Waals surface area contributed by atoms with E-state index in [9.17, 15) is 0 Å². The van der Waals surface area contributed by atoms with Gasteiger partial charge in [-0.15, -0.1) is 12.4 Å². The molecule has 0 radical (unpaired) electrons. The summed E-state index contributed by atoms with van der Waals surface area (Å²) < 4.78 is 4.60. The largest absolute Gasteiger partial charge is 1.00 e. The number of hydrogen-bond donors (Lipinski definition) is 1. The molecule has 1 aliphatic heterocycles. The lowest BCUT2D eigenvalue weighted by molar-refractivity contribution is -0.721. The predicted octanol–water partition coefficient (Wildman–Crippen LogP) is -0.210. The number of hydrogen-bond acceptors (Lipinski definition) is 2. The summed E-state index contributed by atoms with van der Waals surface area (Å²) >= 11 is 0. The molecule has 3 heterocycles. The molecular weight excluding hydrogens is 379 g/mol. The van der Waals surface area contributed by atoms with E-state index in [0.717, 1.165) is 25.2 Å². The SMILES string of the molecule is Cl.Nc1ccc(N2CC([n+]3ccccc3)CC2C[n+]2ccccc2)cc1.[Cl-]. The number of benzene rings is 1. The molecule has 4 nitrogen and oxygen atoms in total. The van der Waals surface area contributed by atoms with Crippen LogP contribution < -0.4 is 32.2 Å². The highest BCUT2D eigenvalue weighted by molar-refractivity contribution is 5.85. The molecule has 3 aromatic rings. The summed E-state index contributed by atoms with van der Waals surface area (Å²) in [5.41, 5.74) is 7.93. The summed E-state index contributed by atoms with van der Waals surface area (Å²) in [4.78, 5) is 2.52. The monoisotopic (exact) mass is 403 g/mol. The first kappa shape index (κ1) is 21.0. The fourth-order valence-electron chi connectivity index (χ4n) is 3.72. The van der Waals surface area contributed by atoms with Gasteiger partial charge in [0.05, 0.1) is 12.6 Å². The maximum absolute atomic E-state index is 5.88. The van der Waals surface area contributed by atoms with Gasteiger partial charge in [-0.05, 0) is 24.3 Å². The van der Waals surface area contributed by atoms with Crippen LogP contribution in [0.4, 0.5) is 11.4 Å². The fraction of sp³-hybridized carbons (Fsp3) is 0.238. The summed E-state index contributed by atoms with van der Waals surface area (Å²) in [5.74, 6) is 0. The highest BCUT2D eigenvalue weighted by Crippen LogP contribution is 2.30. The van der Waals surface area contributed by atoms with Crippen molar-refractivity contribution in [3.05, 3.63) is 85.5 Å². The minimum atomic E-state index is 0. The Hall–Kier alpha value is -2.30. The molecule has 0 aliphatic carbocycles. The van der Waals surface area contributed by atoms with Crippen molar-refractivity contribution in [2.45, 2.75) is 25.0 Å². The van der Waals surface area contributed by atoms with E-state index in [4.69, 9.17) is 5.73 Å². The van der Waals surface area contributed by atoms with Crippen molar-refractivity contribution in [2.75, 3.05) is 17.2 Å². The van der Waals surface area contributed by atoms with Gasteiger partial charge in [0, 0.05) is 42.1 Å². The smallest absolute Gasteiger partial charge is 0.177 e. The van der Waals surface area contributed by atoms with Gasteiger partial charge >= 0.3 is 0 Å². The van der Waals surface area contributed by atoms with Gasteiger partial charge < -0.3 is 23.0 Å². The lowest BCUT2D eigenvalue weighted by Crippen LogP contribution is -3.00. The first-order valence-electron chi connectivity index (χ1n) is 8.81. The van der Waals surface area contributed by atoms with Crippen molar-refractivity contribution in [3.63, 3.8) is 0 Å². The minimum absolute atomic E-state index is 0. The number of nitrogens with zero attached hydrogens (tertiary/aromatic N) is 3. The molecule has 1 aromatic carbocycles. The molecule has 1 saturated heterocycles. The number of nitrogen functional groups attached to an aromatic ring is 1. The van der Waals surface area contributed by atoms with Gasteiger partial charge in [-0.3, -0.25) is 0 Å². The Morgan fingerprint density at radius 2 is 1.48 bits per heavy atom. The van der Waals surface area contributed by atoms with Gasteiger partial charge in [-0.25, -0.2) is 9.13 Å². The molecule has 142 valence electrons. The van der Waals surface area contributed by atoms with Crippen LogP contribution >= 0.6 is 12.4 Å².